The van der Waals surface area contributed by atoms with Crippen LogP contribution < -0.4 is 0 Å². The van der Waals surface area contributed by atoms with E-state index < -0.39 is 23.0 Å². The second-order valence-corrected chi connectivity index (χ2v) is 5.57. The number of likely N-dealkylation sites (tertiary alicyclic amines) is 1. The Morgan fingerprint density at radius 3 is 2.65 bits per heavy atom. The van der Waals surface area contributed by atoms with E-state index in [9.17, 15) is 13.6 Å². The first kappa shape index (κ1) is 15.2. The van der Waals surface area contributed by atoms with Crippen LogP contribution in [0.1, 0.15) is 23.8 Å². The summed E-state index contributed by atoms with van der Waals surface area (Å²) in [5, 5.41) is 8.27. The van der Waals surface area contributed by atoms with Crippen molar-refractivity contribution < 1.29 is 18.7 Å². The van der Waals surface area contributed by atoms with Gasteiger partial charge >= 0.3 is 5.97 Å². The molecule has 0 aromatic heterocycles. The number of carboxylic acid groups (broad SMARTS) is 1. The van der Waals surface area contributed by atoms with Crippen molar-refractivity contribution in [2.45, 2.75) is 18.2 Å². The van der Waals surface area contributed by atoms with Gasteiger partial charge in [-0.3, -0.25) is 4.79 Å². The minimum Gasteiger partial charge on any atom is -0.481 e. The molecular weight excluding hydrogens is 288 g/mol. The second-order valence-electron chi connectivity index (χ2n) is 5.05. The maximum absolute atomic E-state index is 13.6. The van der Waals surface area contributed by atoms with Crippen molar-refractivity contribution in [3.8, 4) is 0 Å². The smallest absolute Gasteiger partial charge is 0.306 e. The minimum absolute atomic E-state index is 0.145. The molecule has 1 fully saturated rings. The molecule has 1 saturated heterocycles. The van der Waals surface area contributed by atoms with E-state index in [0.717, 1.165) is 18.2 Å². The molecule has 1 aromatic rings. The summed E-state index contributed by atoms with van der Waals surface area (Å²) in [5.74, 6) is -2.13. The Labute approximate surface area is 121 Å². The Kier molecular flexibility index (Phi) is 4.94. The van der Waals surface area contributed by atoms with Gasteiger partial charge in [0, 0.05) is 12.1 Å². The first-order chi connectivity index (χ1) is 9.47. The number of piperidine rings is 1. The molecule has 0 aliphatic carbocycles. The summed E-state index contributed by atoms with van der Waals surface area (Å²) >= 11 is 6.15. The predicted octanol–water partition coefficient (Wildman–Crippen LogP) is 3.04. The lowest BCUT2D eigenvalue weighted by atomic mass is 9.97. The summed E-state index contributed by atoms with van der Waals surface area (Å²) < 4.78 is 26.7. The largest absolute Gasteiger partial charge is 0.481 e. The van der Waals surface area contributed by atoms with Gasteiger partial charge in [0.2, 0.25) is 0 Å². The molecule has 0 bridgehead atoms. The molecule has 1 atom stereocenters. The van der Waals surface area contributed by atoms with Crippen LogP contribution in [0.5, 0.6) is 0 Å². The van der Waals surface area contributed by atoms with Crippen LogP contribution >= 0.6 is 11.6 Å². The summed E-state index contributed by atoms with van der Waals surface area (Å²) in [6.45, 7) is 1.60. The highest BCUT2D eigenvalue weighted by molar-refractivity contribution is 6.21. The zero-order valence-corrected chi connectivity index (χ0v) is 11.6. The van der Waals surface area contributed by atoms with Crippen LogP contribution in [0.3, 0.4) is 0 Å². The number of hydrogen-bond acceptors (Lipinski definition) is 2. The fraction of sp³-hybridized carbons (Fsp3) is 0.500. The van der Waals surface area contributed by atoms with Crippen molar-refractivity contribution in [3.05, 3.63) is 35.4 Å². The molecule has 0 spiro atoms. The van der Waals surface area contributed by atoms with Crippen molar-refractivity contribution in [2.24, 2.45) is 5.92 Å². The van der Waals surface area contributed by atoms with E-state index in [-0.39, 0.29) is 11.5 Å². The van der Waals surface area contributed by atoms with Crippen molar-refractivity contribution in [1.29, 1.82) is 0 Å². The van der Waals surface area contributed by atoms with Gasteiger partial charge in [0.05, 0.1) is 11.3 Å². The highest BCUT2D eigenvalue weighted by Gasteiger charge is 2.26. The topological polar surface area (TPSA) is 40.5 Å². The lowest BCUT2D eigenvalue weighted by Crippen LogP contribution is -2.38. The first-order valence-corrected chi connectivity index (χ1v) is 6.95. The molecule has 1 heterocycles. The molecule has 1 aliphatic rings. The molecule has 2 rings (SSSR count). The first-order valence-electron chi connectivity index (χ1n) is 6.51. The molecule has 6 heteroatoms. The van der Waals surface area contributed by atoms with E-state index in [1.807, 2.05) is 4.90 Å². The Balaban J connectivity index is 1.94. The number of rotatable bonds is 4. The summed E-state index contributed by atoms with van der Waals surface area (Å²) in [7, 11) is 0. The van der Waals surface area contributed by atoms with Crippen LogP contribution in [0.15, 0.2) is 18.2 Å². The molecule has 110 valence electrons. The maximum atomic E-state index is 13.6. The predicted molar refractivity (Wildman–Crippen MR) is 71.8 cm³/mol. The van der Waals surface area contributed by atoms with Crippen molar-refractivity contribution >= 4 is 17.6 Å². The van der Waals surface area contributed by atoms with Gasteiger partial charge in [0.1, 0.15) is 11.6 Å². The molecule has 1 N–H and O–H groups in total. The highest BCUT2D eigenvalue weighted by atomic mass is 35.5. The molecular formula is C14H16ClF2NO2. The molecule has 20 heavy (non-hydrogen) atoms. The average molecular weight is 304 g/mol. The van der Waals surface area contributed by atoms with E-state index in [1.165, 1.54) is 0 Å². The summed E-state index contributed by atoms with van der Waals surface area (Å²) in [4.78, 5) is 12.8. The molecule has 1 unspecified atom stereocenters. The Morgan fingerprint density at radius 1 is 1.40 bits per heavy atom. The minimum atomic E-state index is -0.775. The average Bonchev–Trinajstić information content (AvgIpc) is 2.42. The molecule has 0 amide bonds. The number of halogens is 3. The molecule has 0 radical (unpaired) electrons. The van der Waals surface area contributed by atoms with Gasteiger partial charge in [-0.15, -0.1) is 11.6 Å². The van der Waals surface area contributed by atoms with Crippen molar-refractivity contribution in [3.63, 3.8) is 0 Å². The molecule has 3 nitrogen and oxygen atoms in total. The number of alkyl halides is 1. The van der Waals surface area contributed by atoms with E-state index in [4.69, 9.17) is 16.7 Å². The number of hydrogen-bond donors (Lipinski definition) is 1. The van der Waals surface area contributed by atoms with Crippen LogP contribution in [-0.2, 0) is 4.79 Å². The molecule has 0 saturated carbocycles. The standard InChI is InChI=1S/C14H16ClF2NO2/c15-12(11-7-10(16)1-2-13(11)17)8-18-5-3-9(4-6-18)14(19)20/h1-2,7,9,12H,3-6,8H2,(H,19,20). The van der Waals surface area contributed by atoms with E-state index in [1.54, 1.807) is 0 Å². The third-order valence-corrected chi connectivity index (χ3v) is 4.02. The van der Waals surface area contributed by atoms with Gasteiger partial charge in [-0.2, -0.15) is 0 Å². The summed E-state index contributed by atoms with van der Waals surface area (Å²) in [6.07, 6.45) is 1.12. The third kappa shape index (κ3) is 3.67. The molecule has 1 aromatic carbocycles. The second kappa shape index (κ2) is 6.50. The monoisotopic (exact) mass is 303 g/mol. The van der Waals surface area contributed by atoms with Gasteiger partial charge in [-0.05, 0) is 44.1 Å². The highest BCUT2D eigenvalue weighted by Crippen LogP contribution is 2.27. The number of benzene rings is 1. The zero-order valence-electron chi connectivity index (χ0n) is 10.9. The Hall–Kier alpha value is -1.20. The third-order valence-electron chi connectivity index (χ3n) is 3.65. The van der Waals surface area contributed by atoms with Crippen LogP contribution in [0, 0.1) is 17.6 Å². The normalized spacial score (nSPS) is 18.9. The van der Waals surface area contributed by atoms with Gasteiger partial charge < -0.3 is 10.0 Å². The quantitative estimate of drug-likeness (QED) is 0.869. The van der Waals surface area contributed by atoms with Crippen LogP contribution in [0.4, 0.5) is 8.78 Å². The lowest BCUT2D eigenvalue weighted by Gasteiger charge is -2.31. The van der Waals surface area contributed by atoms with Crippen LogP contribution in [0.25, 0.3) is 0 Å². The van der Waals surface area contributed by atoms with E-state index in [2.05, 4.69) is 0 Å². The van der Waals surface area contributed by atoms with Gasteiger partial charge in [0.25, 0.3) is 0 Å². The van der Waals surface area contributed by atoms with E-state index in [0.29, 0.717) is 32.5 Å². The van der Waals surface area contributed by atoms with E-state index >= 15 is 0 Å². The lowest BCUT2D eigenvalue weighted by molar-refractivity contribution is -0.143. The summed E-state index contributed by atoms with van der Waals surface area (Å²) in [5.41, 5.74) is 0.145. The zero-order chi connectivity index (χ0) is 14.7. The number of carboxylic acids is 1. The fourth-order valence-electron chi connectivity index (χ4n) is 2.44. The van der Waals surface area contributed by atoms with Gasteiger partial charge in [-0.1, -0.05) is 0 Å². The number of carbonyl (C=O) groups is 1. The summed E-state index contributed by atoms with van der Waals surface area (Å²) in [6, 6.07) is 3.23. The number of aliphatic carboxylic acids is 1. The van der Waals surface area contributed by atoms with Crippen LogP contribution in [0.2, 0.25) is 0 Å². The number of nitrogens with zero attached hydrogens (tertiary/aromatic N) is 1. The molecule has 1 aliphatic heterocycles. The SMILES string of the molecule is O=C(O)C1CCN(CC(Cl)c2cc(F)ccc2F)CC1. The van der Waals surface area contributed by atoms with Crippen molar-refractivity contribution in [1.82, 2.24) is 4.90 Å². The fourth-order valence-corrected chi connectivity index (χ4v) is 2.80. The van der Waals surface area contributed by atoms with Gasteiger partial charge in [0.15, 0.2) is 0 Å². The Morgan fingerprint density at radius 2 is 2.05 bits per heavy atom. The van der Waals surface area contributed by atoms with Gasteiger partial charge in [-0.25, -0.2) is 8.78 Å². The van der Waals surface area contributed by atoms with Crippen LogP contribution in [-0.4, -0.2) is 35.6 Å². The Bertz CT molecular complexity index is 490. The van der Waals surface area contributed by atoms with Crippen molar-refractivity contribution in [2.75, 3.05) is 19.6 Å². The maximum Gasteiger partial charge on any atom is 0.306 e.